The molecular formula is C48H36N2. The molecule has 1 fully saturated rings. The zero-order chi connectivity index (χ0) is 33.0. The van der Waals surface area contributed by atoms with E-state index in [0.717, 1.165) is 0 Å². The van der Waals surface area contributed by atoms with Crippen molar-refractivity contribution in [1.29, 1.82) is 0 Å². The third-order valence-corrected chi connectivity index (χ3v) is 11.0. The first kappa shape index (κ1) is 28.9. The Morgan fingerprint density at radius 1 is 0.440 bits per heavy atom. The minimum absolute atomic E-state index is 0.231. The van der Waals surface area contributed by atoms with E-state index in [1.807, 2.05) is 0 Å². The molecule has 0 saturated carbocycles. The van der Waals surface area contributed by atoms with Gasteiger partial charge in [0, 0.05) is 34.0 Å². The monoisotopic (exact) mass is 640 g/mol. The second-order valence-corrected chi connectivity index (χ2v) is 13.7. The minimum atomic E-state index is 0.231. The minimum Gasteiger partial charge on any atom is -0.357 e. The third kappa shape index (κ3) is 4.56. The van der Waals surface area contributed by atoms with Gasteiger partial charge >= 0.3 is 0 Å². The summed E-state index contributed by atoms with van der Waals surface area (Å²) in [4.78, 5) is 2.67. The zero-order valence-corrected chi connectivity index (χ0v) is 27.7. The van der Waals surface area contributed by atoms with Crippen molar-refractivity contribution in [2.45, 2.75) is 12.1 Å². The van der Waals surface area contributed by atoms with Gasteiger partial charge in [0.05, 0.1) is 23.1 Å². The lowest BCUT2D eigenvalue weighted by Crippen LogP contribution is -2.37. The van der Waals surface area contributed by atoms with E-state index in [-0.39, 0.29) is 12.1 Å². The molecule has 4 atom stereocenters. The highest BCUT2D eigenvalue weighted by atomic mass is 15.2. The van der Waals surface area contributed by atoms with Crippen LogP contribution in [0.25, 0.3) is 55.3 Å². The predicted octanol–water partition coefficient (Wildman–Crippen LogP) is 11.7. The van der Waals surface area contributed by atoms with Gasteiger partial charge in [0.15, 0.2) is 0 Å². The molecule has 2 nitrogen and oxygen atoms in total. The van der Waals surface area contributed by atoms with Gasteiger partial charge in [0.1, 0.15) is 0 Å². The smallest absolute Gasteiger partial charge is 0.0557 e. The van der Waals surface area contributed by atoms with Gasteiger partial charge in [-0.3, -0.25) is 0 Å². The maximum Gasteiger partial charge on any atom is 0.0557 e. The molecule has 10 rings (SSSR count). The first-order valence-electron chi connectivity index (χ1n) is 17.7. The fourth-order valence-corrected chi connectivity index (χ4v) is 8.89. The topological polar surface area (TPSA) is 8.17 Å². The molecule has 0 radical (unpaired) electrons. The Morgan fingerprint density at radius 2 is 1.04 bits per heavy atom. The maximum atomic E-state index is 2.67. The van der Waals surface area contributed by atoms with Crippen LogP contribution < -0.4 is 4.90 Å². The van der Waals surface area contributed by atoms with Crippen molar-refractivity contribution < 1.29 is 0 Å². The normalized spacial score (nSPS) is 20.6. The summed E-state index contributed by atoms with van der Waals surface area (Å²) in [6.07, 6.45) is 16.5. The van der Waals surface area contributed by atoms with Gasteiger partial charge in [-0.15, -0.1) is 0 Å². The van der Waals surface area contributed by atoms with E-state index < -0.39 is 0 Å². The van der Waals surface area contributed by atoms with E-state index in [2.05, 4.69) is 204 Å². The van der Waals surface area contributed by atoms with Crippen LogP contribution in [0.4, 0.5) is 5.69 Å². The van der Waals surface area contributed by atoms with Crippen molar-refractivity contribution in [1.82, 2.24) is 4.57 Å². The average molecular weight is 641 g/mol. The molecule has 2 aliphatic carbocycles. The SMILES string of the molecule is C1=CC2C3C(c4cccc5c4c4ccccc4n5-c4cccc(-c5ccccc5)c4)=CC=CC3N(c3cccc(-c4ccccc4)c3)C2C=C1. The van der Waals surface area contributed by atoms with Gasteiger partial charge < -0.3 is 9.47 Å². The molecular weight excluding hydrogens is 605 g/mol. The van der Waals surface area contributed by atoms with Gasteiger partial charge in [-0.1, -0.05) is 158 Å². The van der Waals surface area contributed by atoms with Crippen LogP contribution in [0, 0.1) is 11.8 Å². The van der Waals surface area contributed by atoms with E-state index >= 15 is 0 Å². The Kier molecular flexibility index (Phi) is 6.80. The molecule has 1 saturated heterocycles. The van der Waals surface area contributed by atoms with Crippen molar-refractivity contribution in [2.75, 3.05) is 4.90 Å². The summed E-state index contributed by atoms with van der Waals surface area (Å²) < 4.78 is 2.46. The fourth-order valence-electron chi connectivity index (χ4n) is 8.89. The molecule has 3 aliphatic rings. The number of benzene rings is 6. The molecule has 50 heavy (non-hydrogen) atoms. The largest absolute Gasteiger partial charge is 0.357 e. The summed E-state index contributed by atoms with van der Waals surface area (Å²) in [6.45, 7) is 0. The maximum absolute atomic E-state index is 2.67. The van der Waals surface area contributed by atoms with Crippen molar-refractivity contribution in [2.24, 2.45) is 11.8 Å². The number of nitrogens with zero attached hydrogens (tertiary/aromatic N) is 2. The molecule has 0 bridgehead atoms. The van der Waals surface area contributed by atoms with Crippen molar-refractivity contribution in [3.8, 4) is 27.9 Å². The second-order valence-electron chi connectivity index (χ2n) is 13.7. The lowest BCUT2D eigenvalue weighted by Gasteiger charge is -2.33. The molecule has 1 aliphatic heterocycles. The van der Waals surface area contributed by atoms with Gasteiger partial charge in [-0.05, 0) is 69.8 Å². The quantitative estimate of drug-likeness (QED) is 0.182. The van der Waals surface area contributed by atoms with Crippen LogP contribution in [0.1, 0.15) is 5.56 Å². The van der Waals surface area contributed by atoms with Crippen molar-refractivity contribution in [3.63, 3.8) is 0 Å². The van der Waals surface area contributed by atoms with Crippen LogP contribution in [-0.4, -0.2) is 16.7 Å². The number of allylic oxidation sites excluding steroid dienone is 4. The third-order valence-electron chi connectivity index (χ3n) is 11.0. The fraction of sp³-hybridized carbons (Fsp3) is 0.0833. The number of anilines is 1. The molecule has 0 amide bonds. The Bertz CT molecular complexity index is 2510. The highest BCUT2D eigenvalue weighted by molar-refractivity contribution is 6.14. The first-order chi connectivity index (χ1) is 24.8. The van der Waals surface area contributed by atoms with Crippen LogP contribution in [0.2, 0.25) is 0 Å². The predicted molar refractivity (Wildman–Crippen MR) is 211 cm³/mol. The van der Waals surface area contributed by atoms with Crippen LogP contribution in [0.5, 0.6) is 0 Å². The number of hydrogen-bond acceptors (Lipinski definition) is 1. The number of aromatic nitrogens is 1. The second kappa shape index (κ2) is 11.8. The van der Waals surface area contributed by atoms with Gasteiger partial charge in [-0.25, -0.2) is 0 Å². The summed E-state index contributed by atoms with van der Waals surface area (Å²) in [7, 11) is 0. The van der Waals surface area contributed by atoms with Gasteiger partial charge in [0.2, 0.25) is 0 Å². The van der Waals surface area contributed by atoms with E-state index in [1.54, 1.807) is 0 Å². The molecule has 4 unspecified atom stereocenters. The number of para-hydroxylation sites is 1. The van der Waals surface area contributed by atoms with Crippen LogP contribution in [-0.2, 0) is 0 Å². The standard InChI is InChI=1S/C48H36N2/c1-3-15-33(16-4-1)35-19-11-21-37(31-35)49-43-27-9-7-23-41(43)47-39(25-13-29-45(47)49)40-26-14-30-46-48(40)42-24-8-10-28-44(42)50(46)38-22-12-20-36(32-38)34-17-5-2-6-18-34/h1-32,41,43,45,47H. The summed E-state index contributed by atoms with van der Waals surface area (Å²) in [5.41, 5.74) is 12.6. The van der Waals surface area contributed by atoms with Gasteiger partial charge in [0.25, 0.3) is 0 Å². The Hall–Kier alpha value is -6.12. The molecule has 1 aromatic heterocycles. The summed E-state index contributed by atoms with van der Waals surface area (Å²) in [6, 6.07) is 55.8. The molecule has 0 N–H and O–H groups in total. The Morgan fingerprint density at radius 3 is 1.82 bits per heavy atom. The van der Waals surface area contributed by atoms with Crippen LogP contribution in [0.15, 0.2) is 194 Å². The van der Waals surface area contributed by atoms with Gasteiger partial charge in [-0.2, -0.15) is 0 Å². The summed E-state index contributed by atoms with van der Waals surface area (Å²) in [5, 5.41) is 2.61. The highest BCUT2D eigenvalue weighted by Crippen LogP contribution is 2.51. The summed E-state index contributed by atoms with van der Waals surface area (Å²) >= 11 is 0. The average Bonchev–Trinajstić information content (AvgIpc) is 3.72. The van der Waals surface area contributed by atoms with Crippen molar-refractivity contribution in [3.05, 3.63) is 200 Å². The highest BCUT2D eigenvalue weighted by Gasteiger charge is 2.49. The van der Waals surface area contributed by atoms with E-state index in [4.69, 9.17) is 0 Å². The molecule has 6 aromatic carbocycles. The molecule has 2 heterocycles. The summed E-state index contributed by atoms with van der Waals surface area (Å²) in [5.74, 6) is 0.661. The van der Waals surface area contributed by atoms with E-state index in [9.17, 15) is 0 Å². The Balaban J connectivity index is 1.12. The van der Waals surface area contributed by atoms with E-state index in [1.165, 1.54) is 66.6 Å². The molecule has 238 valence electrons. The van der Waals surface area contributed by atoms with Crippen molar-refractivity contribution >= 4 is 33.1 Å². The zero-order valence-electron chi connectivity index (χ0n) is 27.7. The lowest BCUT2D eigenvalue weighted by atomic mass is 9.75. The lowest BCUT2D eigenvalue weighted by molar-refractivity contribution is 0.542. The van der Waals surface area contributed by atoms with Crippen LogP contribution >= 0.6 is 0 Å². The first-order valence-corrected chi connectivity index (χ1v) is 17.7. The number of fused-ring (bicyclic) bond motifs is 6. The Labute approximate surface area is 293 Å². The molecule has 0 spiro atoms. The number of rotatable bonds is 5. The molecule has 2 heteroatoms. The number of hydrogen-bond donors (Lipinski definition) is 0. The van der Waals surface area contributed by atoms with E-state index in [0.29, 0.717) is 11.8 Å². The van der Waals surface area contributed by atoms with Crippen LogP contribution in [0.3, 0.4) is 0 Å². The molecule has 7 aromatic rings.